The van der Waals surface area contributed by atoms with Gasteiger partial charge in [0, 0.05) is 29.8 Å². The summed E-state index contributed by atoms with van der Waals surface area (Å²) in [5.74, 6) is 0.410. The van der Waals surface area contributed by atoms with Crippen LogP contribution in [0.1, 0.15) is 52.3 Å². The number of ether oxygens (including phenoxy) is 3. The van der Waals surface area contributed by atoms with Gasteiger partial charge in [0.15, 0.2) is 5.69 Å². The van der Waals surface area contributed by atoms with Crippen LogP contribution < -0.4 is 9.64 Å². The van der Waals surface area contributed by atoms with Crippen molar-refractivity contribution in [3.05, 3.63) is 89.0 Å². The molecule has 2 saturated heterocycles. The topological polar surface area (TPSA) is 107 Å². The van der Waals surface area contributed by atoms with Crippen LogP contribution in [0.4, 0.5) is 37.0 Å². The molecule has 2 aliphatic rings. The summed E-state index contributed by atoms with van der Waals surface area (Å²) in [6, 6.07) is 8.99. The van der Waals surface area contributed by atoms with Crippen LogP contribution in [0.15, 0.2) is 60.9 Å². The molecule has 2 aliphatic heterocycles. The second-order valence-corrected chi connectivity index (χ2v) is 11.7. The summed E-state index contributed by atoms with van der Waals surface area (Å²) >= 11 is 0. The minimum atomic E-state index is -5.07. The van der Waals surface area contributed by atoms with Crippen molar-refractivity contribution in [1.82, 2.24) is 19.9 Å². The Morgan fingerprint density at radius 2 is 1.62 bits per heavy atom. The van der Waals surface area contributed by atoms with Crippen LogP contribution in [0.25, 0.3) is 22.4 Å². The third kappa shape index (κ3) is 6.73. The number of anilines is 1. The van der Waals surface area contributed by atoms with E-state index in [1.54, 1.807) is 24.3 Å². The summed E-state index contributed by atoms with van der Waals surface area (Å²) in [5.41, 5.74) is -0.955. The zero-order chi connectivity index (χ0) is 36.0. The molecule has 1 amide bonds. The van der Waals surface area contributed by atoms with Crippen molar-refractivity contribution in [1.29, 1.82) is 0 Å². The molecule has 2 aromatic carbocycles. The smallest absolute Gasteiger partial charge is 0.416 e. The van der Waals surface area contributed by atoms with Crippen LogP contribution in [-0.4, -0.2) is 65.3 Å². The first kappa shape index (κ1) is 34.5. The van der Waals surface area contributed by atoms with Gasteiger partial charge < -0.3 is 19.1 Å². The number of alkyl halides is 6. The number of amides is 1. The highest BCUT2D eigenvalue weighted by Crippen LogP contribution is 2.42. The number of benzene rings is 2. The maximum atomic E-state index is 13.6. The number of pyridine rings is 1. The quantitative estimate of drug-likeness (QED) is 0.138. The van der Waals surface area contributed by atoms with Gasteiger partial charge in [0.2, 0.25) is 0 Å². The third-order valence-electron chi connectivity index (χ3n) is 8.62. The number of halogens is 6. The third-order valence-corrected chi connectivity index (χ3v) is 8.62. The Balaban J connectivity index is 1.38. The number of esters is 1. The summed E-state index contributed by atoms with van der Waals surface area (Å²) < 4.78 is 97.6. The molecule has 0 N–H and O–H groups in total. The molecule has 6 rings (SSSR count). The van der Waals surface area contributed by atoms with Gasteiger partial charge >= 0.3 is 24.4 Å². The number of carbonyl (C=O) groups is 2. The van der Waals surface area contributed by atoms with Crippen molar-refractivity contribution in [2.45, 2.75) is 44.4 Å². The van der Waals surface area contributed by atoms with Crippen LogP contribution in [0.2, 0.25) is 0 Å². The minimum absolute atomic E-state index is 0.0164. The average molecular weight is 702 g/mol. The van der Waals surface area contributed by atoms with E-state index in [4.69, 9.17) is 14.5 Å². The van der Waals surface area contributed by atoms with Crippen LogP contribution in [0.5, 0.6) is 5.75 Å². The van der Waals surface area contributed by atoms with E-state index in [0.717, 1.165) is 19.5 Å². The molecule has 2 fully saturated rings. The van der Waals surface area contributed by atoms with Crippen molar-refractivity contribution in [3.63, 3.8) is 0 Å². The fourth-order valence-corrected chi connectivity index (χ4v) is 5.81. The van der Waals surface area contributed by atoms with Crippen LogP contribution in [0.3, 0.4) is 0 Å². The van der Waals surface area contributed by atoms with Crippen molar-refractivity contribution in [2.75, 3.05) is 32.2 Å². The van der Waals surface area contributed by atoms with E-state index >= 15 is 0 Å². The molecule has 0 spiro atoms. The zero-order valence-corrected chi connectivity index (χ0v) is 26.8. The van der Waals surface area contributed by atoms with Gasteiger partial charge in [-0.05, 0) is 67.4 Å². The fourth-order valence-electron chi connectivity index (χ4n) is 5.81. The minimum Gasteiger partial charge on any atom is -0.496 e. The second-order valence-electron chi connectivity index (χ2n) is 11.7. The van der Waals surface area contributed by atoms with Gasteiger partial charge in [0.1, 0.15) is 17.7 Å². The SMILES string of the molecule is COC(=O)c1cnc(-c2ccc(OC)c(-c3ccc(N4CCC4)nc3CN3C(=O)O[C@H](c4cc(C(F)(F)F)cc(C(F)(F)F)c4)[C@@H]3C)c2)cn1. The van der Waals surface area contributed by atoms with Gasteiger partial charge in [0.25, 0.3) is 0 Å². The Morgan fingerprint density at radius 1 is 0.920 bits per heavy atom. The Labute approximate surface area is 281 Å². The predicted octanol–water partition coefficient (Wildman–Crippen LogP) is 7.33. The lowest BCUT2D eigenvalue weighted by Crippen LogP contribution is -2.38. The molecular weight excluding hydrogens is 672 g/mol. The molecule has 0 bridgehead atoms. The number of carbonyl (C=O) groups excluding carboxylic acids is 2. The fraction of sp³-hybridized carbons (Fsp3) is 0.324. The summed E-state index contributed by atoms with van der Waals surface area (Å²) in [7, 11) is 2.70. The van der Waals surface area contributed by atoms with Crippen molar-refractivity contribution in [3.8, 4) is 28.1 Å². The summed E-state index contributed by atoms with van der Waals surface area (Å²) in [4.78, 5) is 41.7. The van der Waals surface area contributed by atoms with E-state index in [1.807, 2.05) is 11.0 Å². The average Bonchev–Trinajstić information content (AvgIpc) is 3.34. The van der Waals surface area contributed by atoms with E-state index in [9.17, 15) is 35.9 Å². The molecule has 262 valence electrons. The molecule has 0 aliphatic carbocycles. The lowest BCUT2D eigenvalue weighted by atomic mass is 9.96. The molecule has 4 aromatic rings. The van der Waals surface area contributed by atoms with Crippen LogP contribution in [-0.2, 0) is 28.4 Å². The molecule has 2 atom stereocenters. The molecule has 4 heterocycles. The van der Waals surface area contributed by atoms with E-state index in [1.165, 1.54) is 38.4 Å². The number of aromatic nitrogens is 3. The monoisotopic (exact) mass is 701 g/mol. The highest BCUT2D eigenvalue weighted by atomic mass is 19.4. The standard InChI is InChI=1S/C34H29F6N5O5/c1-18-30(20-11-21(33(35,36)37)14-22(12-20)34(38,39)40)50-32(47)45(18)17-27-23(6-8-29(43-27)44-9-4-10-44)24-13-19(5-7-28(24)48-2)25-15-42-26(16-41-25)31(46)49-3/h5-8,11-16,18,30H,4,9-10,17H2,1-3H3/t18-,30-/m0/s1. The second kappa shape index (κ2) is 13.1. The summed E-state index contributed by atoms with van der Waals surface area (Å²) in [6.07, 6.45) is -8.86. The Bertz CT molecular complexity index is 1900. The van der Waals surface area contributed by atoms with E-state index in [0.29, 0.717) is 51.8 Å². The van der Waals surface area contributed by atoms with E-state index in [2.05, 4.69) is 14.7 Å². The molecule has 0 saturated carbocycles. The van der Waals surface area contributed by atoms with E-state index in [-0.39, 0.29) is 18.3 Å². The number of hydrogen-bond donors (Lipinski definition) is 0. The molecule has 0 radical (unpaired) electrons. The molecule has 0 unspecified atom stereocenters. The summed E-state index contributed by atoms with van der Waals surface area (Å²) in [5, 5.41) is 0. The van der Waals surface area contributed by atoms with Crippen molar-refractivity contribution < 1.29 is 50.1 Å². The Kier molecular flexibility index (Phi) is 9.05. The molecular formula is C34H29F6N5O5. The Morgan fingerprint density at radius 3 is 2.18 bits per heavy atom. The van der Waals surface area contributed by atoms with Gasteiger partial charge in [-0.15, -0.1) is 0 Å². The van der Waals surface area contributed by atoms with Crippen molar-refractivity contribution in [2.24, 2.45) is 0 Å². The number of cyclic esters (lactones) is 1. The largest absolute Gasteiger partial charge is 0.496 e. The lowest BCUT2D eigenvalue weighted by molar-refractivity contribution is -0.143. The van der Waals surface area contributed by atoms with Crippen LogP contribution in [0, 0.1) is 0 Å². The number of rotatable bonds is 8. The van der Waals surface area contributed by atoms with Crippen LogP contribution >= 0.6 is 0 Å². The Hall–Kier alpha value is -5.41. The molecule has 10 nitrogen and oxygen atoms in total. The van der Waals surface area contributed by atoms with Gasteiger partial charge in [0.05, 0.1) is 61.7 Å². The van der Waals surface area contributed by atoms with Crippen molar-refractivity contribution >= 4 is 17.9 Å². The highest BCUT2D eigenvalue weighted by Gasteiger charge is 2.43. The predicted molar refractivity (Wildman–Crippen MR) is 166 cm³/mol. The van der Waals surface area contributed by atoms with Gasteiger partial charge in [-0.1, -0.05) is 0 Å². The number of hydrogen-bond acceptors (Lipinski definition) is 9. The first-order valence-electron chi connectivity index (χ1n) is 15.3. The zero-order valence-electron chi connectivity index (χ0n) is 26.8. The molecule has 50 heavy (non-hydrogen) atoms. The van der Waals surface area contributed by atoms with Gasteiger partial charge in [-0.25, -0.2) is 19.6 Å². The molecule has 2 aromatic heterocycles. The summed E-state index contributed by atoms with van der Waals surface area (Å²) in [6.45, 7) is 2.80. The molecule has 16 heteroatoms. The first-order chi connectivity index (χ1) is 23.7. The first-order valence-corrected chi connectivity index (χ1v) is 15.3. The van der Waals surface area contributed by atoms with E-state index < -0.39 is 53.3 Å². The maximum absolute atomic E-state index is 13.6. The number of nitrogens with zero attached hydrogens (tertiary/aromatic N) is 5. The lowest BCUT2D eigenvalue weighted by Gasteiger charge is -2.33. The maximum Gasteiger partial charge on any atom is 0.416 e. The highest BCUT2D eigenvalue weighted by molar-refractivity contribution is 5.87. The van der Waals surface area contributed by atoms with Gasteiger partial charge in [-0.3, -0.25) is 9.88 Å². The normalized spacial score (nSPS) is 17.7. The van der Waals surface area contributed by atoms with Gasteiger partial charge in [-0.2, -0.15) is 26.3 Å². The number of methoxy groups -OCH3 is 2.